The van der Waals surface area contributed by atoms with Crippen molar-refractivity contribution in [2.75, 3.05) is 11.9 Å². The lowest BCUT2D eigenvalue weighted by molar-refractivity contribution is -0.127. The molecular formula is C24H23N3O2S. The summed E-state index contributed by atoms with van der Waals surface area (Å²) in [5.41, 5.74) is 3.26. The van der Waals surface area contributed by atoms with Crippen LogP contribution in [0, 0.1) is 0 Å². The summed E-state index contributed by atoms with van der Waals surface area (Å²) in [6.07, 6.45) is 0.993. The summed E-state index contributed by atoms with van der Waals surface area (Å²) in [5.74, 6) is -0.416. The number of carbonyl (C=O) groups is 2. The Bertz CT molecular complexity index is 1060. The smallest absolute Gasteiger partial charge is 0.272 e. The molecule has 1 aliphatic rings. The van der Waals surface area contributed by atoms with Crippen LogP contribution in [-0.4, -0.2) is 30.7 Å². The second-order valence-electron chi connectivity index (χ2n) is 7.16. The number of benzene rings is 2. The van der Waals surface area contributed by atoms with Gasteiger partial charge in [-0.25, -0.2) is 4.99 Å². The van der Waals surface area contributed by atoms with E-state index in [1.165, 1.54) is 4.88 Å². The van der Waals surface area contributed by atoms with Gasteiger partial charge in [0.25, 0.3) is 5.91 Å². The highest BCUT2D eigenvalue weighted by atomic mass is 32.1. The molecule has 2 aromatic carbocycles. The van der Waals surface area contributed by atoms with Crippen LogP contribution in [0.25, 0.3) is 0 Å². The molecular weight excluding hydrogens is 394 g/mol. The lowest BCUT2D eigenvalue weighted by Gasteiger charge is -2.20. The first kappa shape index (κ1) is 20.0. The molecule has 0 bridgehead atoms. The second-order valence-corrected chi connectivity index (χ2v) is 8.19. The summed E-state index contributed by atoms with van der Waals surface area (Å²) >= 11 is 1.69. The quantitative estimate of drug-likeness (QED) is 0.658. The molecule has 0 radical (unpaired) electrons. The van der Waals surface area contributed by atoms with Crippen LogP contribution >= 0.6 is 11.3 Å². The fraction of sp³-hybridized carbons (Fsp3) is 0.208. The van der Waals surface area contributed by atoms with Crippen molar-refractivity contribution >= 4 is 34.6 Å². The number of nitrogens with zero attached hydrogens (tertiary/aromatic N) is 2. The van der Waals surface area contributed by atoms with Crippen LogP contribution in [0.5, 0.6) is 0 Å². The molecule has 152 valence electrons. The molecule has 0 spiro atoms. The SMILES string of the molecule is CN1C(=O)C(NC(=O)CCCc2cccs2)N=C(c2ccccc2)c2ccccc21. The summed E-state index contributed by atoms with van der Waals surface area (Å²) in [6, 6.07) is 21.5. The van der Waals surface area contributed by atoms with Crippen molar-refractivity contribution in [1.82, 2.24) is 5.32 Å². The Labute approximate surface area is 180 Å². The number of aliphatic imine (C=N–C) groups is 1. The van der Waals surface area contributed by atoms with Crippen molar-refractivity contribution < 1.29 is 9.59 Å². The van der Waals surface area contributed by atoms with Gasteiger partial charge >= 0.3 is 0 Å². The zero-order chi connectivity index (χ0) is 20.9. The van der Waals surface area contributed by atoms with E-state index in [9.17, 15) is 9.59 Å². The van der Waals surface area contributed by atoms with Crippen LogP contribution in [0.1, 0.15) is 28.8 Å². The number of carbonyl (C=O) groups excluding carboxylic acids is 2. The molecule has 0 saturated carbocycles. The van der Waals surface area contributed by atoms with E-state index < -0.39 is 6.17 Å². The van der Waals surface area contributed by atoms with Crippen molar-refractivity contribution in [1.29, 1.82) is 0 Å². The molecule has 4 rings (SSSR count). The summed E-state index contributed by atoms with van der Waals surface area (Å²) in [6.45, 7) is 0. The van der Waals surface area contributed by atoms with E-state index in [2.05, 4.69) is 11.4 Å². The number of likely N-dealkylation sites (N-methyl/N-ethyl adjacent to an activating group) is 1. The normalized spacial score (nSPS) is 15.9. The Morgan fingerprint density at radius 1 is 1.07 bits per heavy atom. The second kappa shape index (κ2) is 9.05. The third-order valence-corrected chi connectivity index (χ3v) is 6.03. The first-order chi connectivity index (χ1) is 14.6. The summed E-state index contributed by atoms with van der Waals surface area (Å²) in [4.78, 5) is 33.2. The third-order valence-electron chi connectivity index (χ3n) is 5.10. The molecule has 6 heteroatoms. The number of hydrogen-bond acceptors (Lipinski definition) is 4. The molecule has 1 aromatic heterocycles. The number of anilines is 1. The number of thiophene rings is 1. The number of aryl methyl sites for hydroxylation is 1. The van der Waals surface area contributed by atoms with Gasteiger partial charge < -0.3 is 10.2 Å². The van der Waals surface area contributed by atoms with Gasteiger partial charge in [0.1, 0.15) is 0 Å². The Kier molecular flexibility index (Phi) is 6.05. The average Bonchev–Trinajstić information content (AvgIpc) is 3.26. The topological polar surface area (TPSA) is 61.8 Å². The molecule has 2 heterocycles. The van der Waals surface area contributed by atoms with E-state index in [1.54, 1.807) is 23.3 Å². The standard InChI is InChI=1S/C24H23N3O2S/c1-27-20-14-6-5-13-19(20)22(17-9-3-2-4-10-17)26-23(24(27)29)25-21(28)15-7-11-18-12-8-16-30-18/h2-6,8-10,12-14,16,23H,7,11,15H2,1H3,(H,25,28). The van der Waals surface area contributed by atoms with E-state index in [-0.39, 0.29) is 11.8 Å². The number of rotatable bonds is 6. The number of nitrogens with one attached hydrogen (secondary N) is 1. The van der Waals surface area contributed by atoms with E-state index >= 15 is 0 Å². The number of amides is 2. The maximum Gasteiger partial charge on any atom is 0.272 e. The molecule has 1 N–H and O–H groups in total. The highest BCUT2D eigenvalue weighted by Crippen LogP contribution is 2.27. The summed E-state index contributed by atoms with van der Waals surface area (Å²) < 4.78 is 0. The van der Waals surface area contributed by atoms with Crippen molar-refractivity contribution in [2.24, 2.45) is 4.99 Å². The molecule has 0 aliphatic carbocycles. The molecule has 0 saturated heterocycles. The maximum atomic E-state index is 13.1. The van der Waals surface area contributed by atoms with Crippen LogP contribution in [0.3, 0.4) is 0 Å². The van der Waals surface area contributed by atoms with Crippen molar-refractivity contribution in [3.8, 4) is 0 Å². The number of benzodiazepines with no additional fused rings is 1. The van der Waals surface area contributed by atoms with Gasteiger partial charge in [-0.15, -0.1) is 11.3 Å². The number of para-hydroxylation sites is 1. The molecule has 1 aliphatic heterocycles. The first-order valence-corrected chi connectivity index (χ1v) is 10.8. The number of fused-ring (bicyclic) bond motifs is 1. The predicted octanol–water partition coefficient (Wildman–Crippen LogP) is 4.03. The van der Waals surface area contributed by atoms with Crippen molar-refractivity contribution in [3.63, 3.8) is 0 Å². The van der Waals surface area contributed by atoms with Gasteiger partial charge in [0.2, 0.25) is 12.1 Å². The molecule has 3 aromatic rings. The first-order valence-electron chi connectivity index (χ1n) is 9.95. The monoisotopic (exact) mass is 417 g/mol. The predicted molar refractivity (Wildman–Crippen MR) is 121 cm³/mol. The van der Waals surface area contributed by atoms with E-state index in [1.807, 2.05) is 66.0 Å². The van der Waals surface area contributed by atoms with Gasteiger partial charge in [0.05, 0.1) is 11.4 Å². The Hall–Kier alpha value is -3.25. The minimum absolute atomic E-state index is 0.166. The van der Waals surface area contributed by atoms with E-state index in [0.29, 0.717) is 12.1 Å². The van der Waals surface area contributed by atoms with Crippen LogP contribution in [0.4, 0.5) is 5.69 Å². The Morgan fingerprint density at radius 2 is 1.83 bits per heavy atom. The van der Waals surface area contributed by atoms with Gasteiger partial charge in [-0.1, -0.05) is 54.6 Å². The molecule has 0 fully saturated rings. The van der Waals surface area contributed by atoms with Crippen LogP contribution in [0.2, 0.25) is 0 Å². The number of hydrogen-bond donors (Lipinski definition) is 1. The fourth-order valence-electron chi connectivity index (χ4n) is 3.55. The molecule has 1 unspecified atom stereocenters. The van der Waals surface area contributed by atoms with Gasteiger partial charge in [-0.05, 0) is 30.4 Å². The lowest BCUT2D eigenvalue weighted by atomic mass is 10.0. The molecule has 30 heavy (non-hydrogen) atoms. The average molecular weight is 418 g/mol. The van der Waals surface area contributed by atoms with E-state index in [4.69, 9.17) is 4.99 Å². The minimum Gasteiger partial charge on any atom is -0.327 e. The highest BCUT2D eigenvalue weighted by molar-refractivity contribution is 7.09. The Balaban J connectivity index is 1.57. The summed E-state index contributed by atoms with van der Waals surface area (Å²) in [7, 11) is 1.72. The molecule has 1 atom stereocenters. The van der Waals surface area contributed by atoms with E-state index in [0.717, 1.165) is 29.7 Å². The molecule has 5 nitrogen and oxygen atoms in total. The zero-order valence-electron chi connectivity index (χ0n) is 16.7. The Morgan fingerprint density at radius 3 is 2.60 bits per heavy atom. The van der Waals surface area contributed by atoms with Crippen LogP contribution < -0.4 is 10.2 Å². The van der Waals surface area contributed by atoms with Crippen LogP contribution in [-0.2, 0) is 16.0 Å². The van der Waals surface area contributed by atoms with Gasteiger partial charge in [0, 0.05) is 29.5 Å². The van der Waals surface area contributed by atoms with Gasteiger partial charge in [-0.3, -0.25) is 9.59 Å². The molecule has 2 amide bonds. The zero-order valence-corrected chi connectivity index (χ0v) is 17.6. The van der Waals surface area contributed by atoms with Gasteiger partial charge in [-0.2, -0.15) is 0 Å². The fourth-order valence-corrected chi connectivity index (χ4v) is 4.30. The largest absolute Gasteiger partial charge is 0.327 e. The third kappa shape index (κ3) is 4.33. The minimum atomic E-state index is -0.952. The van der Waals surface area contributed by atoms with Crippen molar-refractivity contribution in [2.45, 2.75) is 25.4 Å². The summed E-state index contributed by atoms with van der Waals surface area (Å²) in [5, 5.41) is 4.87. The van der Waals surface area contributed by atoms with Crippen LogP contribution in [0.15, 0.2) is 77.1 Å². The van der Waals surface area contributed by atoms with Crippen molar-refractivity contribution in [3.05, 3.63) is 88.1 Å². The maximum absolute atomic E-state index is 13.1. The highest BCUT2D eigenvalue weighted by Gasteiger charge is 2.30. The van der Waals surface area contributed by atoms with Gasteiger partial charge in [0.15, 0.2) is 0 Å². The lowest BCUT2D eigenvalue weighted by Crippen LogP contribution is -2.46.